The van der Waals surface area contributed by atoms with E-state index >= 15 is 0 Å². The van der Waals surface area contributed by atoms with Crippen LogP contribution in [0.2, 0.25) is 0 Å². The fraction of sp³-hybridized carbons (Fsp3) is 0.474. The Morgan fingerprint density at radius 1 is 1.47 bits per heavy atom. The van der Waals surface area contributed by atoms with Crippen LogP contribution in [0.3, 0.4) is 0 Å². The molecule has 3 heterocycles. The molecule has 2 amide bonds. The van der Waals surface area contributed by atoms with Crippen LogP contribution in [-0.4, -0.2) is 105 Å². The molecule has 0 unspecified atom stereocenters. The Kier molecular flexibility index (Phi) is 8.22. The summed E-state index contributed by atoms with van der Waals surface area (Å²) in [6.45, 7) is 1.55. The highest BCUT2D eigenvalue weighted by molar-refractivity contribution is 8.00. The molecule has 1 aromatic heterocycles. The van der Waals surface area contributed by atoms with Crippen molar-refractivity contribution in [2.75, 3.05) is 51.5 Å². The summed E-state index contributed by atoms with van der Waals surface area (Å²) in [7, 11) is 5.37. The quantitative estimate of drug-likeness (QED) is 0.106. The monoisotopic (exact) mass is 528 g/mol. The number of nitrogens with one attached hydrogen (secondary N) is 1. The highest BCUT2D eigenvalue weighted by atomic mass is 32.2. The Balaban J connectivity index is 1.75. The smallest absolute Gasteiger partial charge is 0.352 e. The molecule has 3 rings (SSSR count). The summed E-state index contributed by atoms with van der Waals surface area (Å²) >= 11 is 6.52. The standard InChI is InChI=1S/C19H25N7O5S3/c1-26(2,7-8-32)6-4-5-10-9-33-17-12(16(28)25(17)13(10)18(29)30)21-15(27)11(23-31-3)14-22-19(20)34-24-14/h4-5,12,17H,6-9H2,1-3H3,(H4-,20,21,22,24,27,29,30,32)/p+1/t12-,17+/m1/s1. The van der Waals surface area contributed by atoms with E-state index in [1.165, 1.54) is 23.8 Å². The van der Waals surface area contributed by atoms with Gasteiger partial charge in [0.1, 0.15) is 24.2 Å². The molecule has 2 atom stereocenters. The van der Waals surface area contributed by atoms with Crippen LogP contribution in [0.25, 0.3) is 0 Å². The number of carboxylic acids is 1. The number of aromatic nitrogens is 2. The van der Waals surface area contributed by atoms with Gasteiger partial charge in [-0.2, -0.15) is 22.0 Å². The molecule has 1 fully saturated rings. The molecule has 0 aliphatic carbocycles. The summed E-state index contributed by atoms with van der Waals surface area (Å²) in [5, 5.41) is 15.6. The lowest BCUT2D eigenvalue weighted by atomic mass is 10.0. The van der Waals surface area contributed by atoms with Crippen LogP contribution in [0.1, 0.15) is 5.82 Å². The van der Waals surface area contributed by atoms with Crippen molar-refractivity contribution in [3.05, 3.63) is 29.2 Å². The number of thioether (sulfide) groups is 1. The zero-order chi connectivity index (χ0) is 25.0. The number of nitrogen functional groups attached to an aromatic ring is 1. The molecule has 4 N–H and O–H groups in total. The number of thiol groups is 1. The van der Waals surface area contributed by atoms with Crippen molar-refractivity contribution in [3.63, 3.8) is 0 Å². The maximum Gasteiger partial charge on any atom is 0.352 e. The zero-order valence-corrected chi connectivity index (χ0v) is 21.3. The van der Waals surface area contributed by atoms with Gasteiger partial charge in [0.05, 0.1) is 27.2 Å². The van der Waals surface area contributed by atoms with Gasteiger partial charge in [0.25, 0.3) is 11.8 Å². The zero-order valence-electron chi connectivity index (χ0n) is 18.8. The van der Waals surface area contributed by atoms with E-state index in [4.69, 9.17) is 10.6 Å². The number of likely N-dealkylation sites (N-methyl/N-ethyl adjacent to an activating group) is 1. The summed E-state index contributed by atoms with van der Waals surface area (Å²) in [5.41, 5.74) is 5.81. The van der Waals surface area contributed by atoms with E-state index in [0.29, 0.717) is 22.4 Å². The topological polar surface area (TPSA) is 160 Å². The van der Waals surface area contributed by atoms with E-state index in [9.17, 15) is 19.5 Å². The SMILES string of the molecule is CON=C(C(=O)N[C@@H]1C(=O)N2C(C(=O)O)=C(C=CC[N+](C)(C)CCS)CS[C@@H]12)c1nsc(N)n1. The maximum atomic E-state index is 12.9. The largest absolute Gasteiger partial charge is 0.477 e. The molecular formula is C19H26N7O5S3+. The number of allylic oxidation sites excluding steroid dienone is 1. The van der Waals surface area contributed by atoms with Crippen LogP contribution in [0.5, 0.6) is 0 Å². The van der Waals surface area contributed by atoms with Gasteiger partial charge in [-0.1, -0.05) is 11.2 Å². The van der Waals surface area contributed by atoms with Crippen molar-refractivity contribution in [1.82, 2.24) is 19.6 Å². The van der Waals surface area contributed by atoms with E-state index in [1.807, 2.05) is 6.08 Å². The number of oxime groups is 1. The van der Waals surface area contributed by atoms with Crippen LogP contribution in [0, 0.1) is 0 Å². The maximum absolute atomic E-state index is 12.9. The van der Waals surface area contributed by atoms with Gasteiger partial charge in [-0.05, 0) is 11.6 Å². The number of amides is 2. The molecular weight excluding hydrogens is 502 g/mol. The van der Waals surface area contributed by atoms with Gasteiger partial charge in [-0.3, -0.25) is 14.5 Å². The van der Waals surface area contributed by atoms with Gasteiger partial charge in [-0.25, -0.2) is 4.79 Å². The molecule has 1 saturated heterocycles. The average molecular weight is 529 g/mol. The number of rotatable bonds is 10. The van der Waals surface area contributed by atoms with Crippen molar-refractivity contribution in [2.45, 2.75) is 11.4 Å². The average Bonchev–Trinajstić information content (AvgIpc) is 3.20. The number of carboxylic acid groups (broad SMARTS) is 1. The van der Waals surface area contributed by atoms with Crippen molar-refractivity contribution < 1.29 is 28.8 Å². The number of fused-ring (bicyclic) bond motifs is 1. The number of carbonyl (C=O) groups is 3. The fourth-order valence-electron chi connectivity index (χ4n) is 3.43. The second-order valence-electron chi connectivity index (χ2n) is 8.09. The third kappa shape index (κ3) is 5.54. The van der Waals surface area contributed by atoms with E-state index in [-0.39, 0.29) is 22.4 Å². The van der Waals surface area contributed by atoms with Gasteiger partial charge in [0.2, 0.25) is 11.5 Å². The molecule has 2 aliphatic heterocycles. The number of carbonyl (C=O) groups excluding carboxylic acids is 2. The minimum absolute atomic E-state index is 0.0282. The number of anilines is 1. The van der Waals surface area contributed by atoms with Crippen LogP contribution in [-0.2, 0) is 19.2 Å². The van der Waals surface area contributed by atoms with Crippen LogP contribution >= 0.6 is 35.9 Å². The first-order valence-electron chi connectivity index (χ1n) is 10.1. The van der Waals surface area contributed by atoms with Gasteiger partial charge in [0, 0.05) is 23.0 Å². The van der Waals surface area contributed by atoms with E-state index < -0.39 is 29.2 Å². The number of quaternary nitrogens is 1. The number of nitrogens with zero attached hydrogens (tertiary/aromatic N) is 5. The van der Waals surface area contributed by atoms with Gasteiger partial charge in [0.15, 0.2) is 5.13 Å². The first kappa shape index (κ1) is 26.0. The molecule has 0 spiro atoms. The number of nitrogens with two attached hydrogens (primary N) is 1. The second kappa shape index (κ2) is 10.8. The predicted octanol–water partition coefficient (Wildman–Crippen LogP) is -0.228. The Morgan fingerprint density at radius 3 is 2.79 bits per heavy atom. The van der Waals surface area contributed by atoms with E-state index in [0.717, 1.165) is 23.8 Å². The third-order valence-corrected chi connectivity index (χ3v) is 7.21. The van der Waals surface area contributed by atoms with Gasteiger partial charge >= 0.3 is 5.97 Å². The first-order valence-corrected chi connectivity index (χ1v) is 12.6. The third-order valence-electron chi connectivity index (χ3n) is 5.16. The van der Waals surface area contributed by atoms with Gasteiger partial charge in [-0.15, -0.1) is 11.8 Å². The molecule has 1 aromatic rings. The lowest BCUT2D eigenvalue weighted by Crippen LogP contribution is -2.71. The molecule has 15 heteroatoms. The number of aliphatic carboxylic acids is 1. The summed E-state index contributed by atoms with van der Waals surface area (Å²) in [6, 6.07) is -0.929. The highest BCUT2D eigenvalue weighted by Crippen LogP contribution is 2.40. The molecule has 2 aliphatic rings. The predicted molar refractivity (Wildman–Crippen MR) is 132 cm³/mol. The summed E-state index contributed by atoms with van der Waals surface area (Å²) in [6.07, 6.45) is 3.66. The Morgan fingerprint density at radius 2 is 2.21 bits per heavy atom. The molecule has 12 nitrogen and oxygen atoms in total. The highest BCUT2D eigenvalue weighted by Gasteiger charge is 2.54. The molecule has 0 bridgehead atoms. The molecule has 34 heavy (non-hydrogen) atoms. The molecule has 0 saturated carbocycles. The summed E-state index contributed by atoms with van der Waals surface area (Å²) in [5.74, 6) is -1.37. The second-order valence-corrected chi connectivity index (χ2v) is 10.4. The number of hydrogen-bond donors (Lipinski definition) is 4. The molecule has 184 valence electrons. The van der Waals surface area contributed by atoms with E-state index in [2.05, 4.69) is 46.6 Å². The molecule has 0 aromatic carbocycles. The van der Waals surface area contributed by atoms with Gasteiger partial charge < -0.3 is 25.5 Å². The lowest BCUT2D eigenvalue weighted by molar-refractivity contribution is -0.881. The number of hydrogen-bond acceptors (Lipinski definition) is 11. The normalized spacial score (nSPS) is 20.9. The summed E-state index contributed by atoms with van der Waals surface area (Å²) in [4.78, 5) is 47.5. The van der Waals surface area contributed by atoms with Crippen LogP contribution in [0.15, 0.2) is 28.6 Å². The Bertz CT molecular complexity index is 1070. The van der Waals surface area contributed by atoms with E-state index in [1.54, 1.807) is 6.08 Å². The van der Waals surface area contributed by atoms with Crippen LogP contribution in [0.4, 0.5) is 5.13 Å². The minimum atomic E-state index is -1.20. The summed E-state index contributed by atoms with van der Waals surface area (Å²) < 4.78 is 4.65. The first-order chi connectivity index (χ1) is 16.1. The Hall–Kier alpha value is -2.62. The van der Waals surface area contributed by atoms with Crippen molar-refractivity contribution in [3.8, 4) is 0 Å². The van der Waals surface area contributed by atoms with Crippen molar-refractivity contribution in [1.29, 1.82) is 0 Å². The molecule has 0 radical (unpaired) electrons. The van der Waals surface area contributed by atoms with Crippen molar-refractivity contribution >= 4 is 64.6 Å². The van der Waals surface area contributed by atoms with Crippen molar-refractivity contribution in [2.24, 2.45) is 5.16 Å². The fourth-order valence-corrected chi connectivity index (χ4v) is 5.72. The Labute approximate surface area is 210 Å². The lowest BCUT2D eigenvalue weighted by Gasteiger charge is -2.49. The minimum Gasteiger partial charge on any atom is -0.477 e. The number of β-lactam (4-membered cyclic amide) rings is 1. The van der Waals surface area contributed by atoms with Crippen LogP contribution < -0.4 is 11.1 Å².